The summed E-state index contributed by atoms with van der Waals surface area (Å²) in [7, 11) is 0. The molecule has 5 rings (SSSR count). The lowest BCUT2D eigenvalue weighted by Crippen LogP contribution is -2.30. The maximum Gasteiger partial charge on any atom is 0.266 e. The van der Waals surface area contributed by atoms with Crippen LogP contribution in [0.15, 0.2) is 91.0 Å². The zero-order valence-electron chi connectivity index (χ0n) is 18.2. The number of carbonyl (C=O) groups excluding carboxylic acids is 2. The molecule has 1 aliphatic rings. The Morgan fingerprint density at radius 3 is 1.82 bits per heavy atom. The maximum absolute atomic E-state index is 13.1. The van der Waals surface area contributed by atoms with Gasteiger partial charge in [0.1, 0.15) is 11.5 Å². The monoisotopic (exact) mass is 469 g/mol. The Morgan fingerprint density at radius 2 is 1.24 bits per heavy atom. The highest BCUT2D eigenvalue weighted by Gasteiger charge is 2.38. The number of nitrogens with zero attached hydrogens (tertiary/aromatic N) is 1. The number of aromatic hydroxyl groups is 2. The van der Waals surface area contributed by atoms with Gasteiger partial charge in [-0.05, 0) is 78.2 Å². The van der Waals surface area contributed by atoms with Gasteiger partial charge in [-0.25, -0.2) is 4.90 Å². The van der Waals surface area contributed by atoms with E-state index in [0.717, 1.165) is 16.7 Å². The van der Waals surface area contributed by atoms with Crippen molar-refractivity contribution in [1.82, 2.24) is 0 Å². The van der Waals surface area contributed by atoms with Crippen molar-refractivity contribution in [3.8, 4) is 11.5 Å². The largest absolute Gasteiger partial charge is 0.508 e. The fourth-order valence-corrected chi connectivity index (χ4v) is 4.67. The van der Waals surface area contributed by atoms with Gasteiger partial charge in [0.25, 0.3) is 11.8 Å². The Hall–Kier alpha value is -4.09. The lowest BCUT2D eigenvalue weighted by molar-refractivity contribution is 0.0926. The summed E-state index contributed by atoms with van der Waals surface area (Å²) in [6.45, 7) is 2.02. The minimum atomic E-state index is -0.709. The molecule has 2 N–H and O–H groups in total. The molecule has 0 spiro atoms. The van der Waals surface area contributed by atoms with Gasteiger partial charge in [0.05, 0.1) is 16.8 Å². The molecule has 0 radical (unpaired) electrons. The van der Waals surface area contributed by atoms with Gasteiger partial charge in [-0.3, -0.25) is 9.59 Å². The number of amides is 2. The van der Waals surface area contributed by atoms with Crippen LogP contribution in [0.4, 0.5) is 5.69 Å². The van der Waals surface area contributed by atoms with E-state index < -0.39 is 17.2 Å². The average Bonchev–Trinajstić information content (AvgIpc) is 3.08. The number of halogens is 1. The summed E-state index contributed by atoms with van der Waals surface area (Å²) >= 11 is 6.06. The zero-order valence-corrected chi connectivity index (χ0v) is 19.0. The van der Waals surface area contributed by atoms with E-state index in [1.807, 2.05) is 43.3 Å². The highest BCUT2D eigenvalue weighted by Crippen LogP contribution is 2.41. The van der Waals surface area contributed by atoms with Gasteiger partial charge in [0, 0.05) is 10.4 Å². The molecular formula is C28H20ClNO4. The Bertz CT molecular complexity index is 1380. The van der Waals surface area contributed by atoms with Crippen LogP contribution in [0.1, 0.15) is 44.3 Å². The quantitative estimate of drug-likeness (QED) is 0.288. The van der Waals surface area contributed by atoms with Crippen LogP contribution < -0.4 is 4.90 Å². The van der Waals surface area contributed by atoms with Crippen LogP contribution >= 0.6 is 11.6 Å². The van der Waals surface area contributed by atoms with Gasteiger partial charge in [-0.15, -0.1) is 0 Å². The number of rotatable bonds is 4. The molecule has 0 atom stereocenters. The minimum absolute atomic E-state index is 0.148. The molecule has 4 aromatic rings. The standard InChI is InChI=1S/C28H20ClNO4/c1-28(17-5-10-22(31)11-6-17,18-7-12-23(32)13-8-18)19-3-2-4-21(15-19)30-26(33)24-14-9-20(29)16-25(24)27(30)34/h2-16,31-32H,1H3. The van der Waals surface area contributed by atoms with Crippen molar-refractivity contribution in [1.29, 1.82) is 0 Å². The topological polar surface area (TPSA) is 77.8 Å². The molecule has 0 bridgehead atoms. The molecule has 1 aliphatic heterocycles. The third-order valence-electron chi connectivity index (χ3n) is 6.42. The van der Waals surface area contributed by atoms with E-state index in [2.05, 4.69) is 0 Å². The number of hydrogen-bond donors (Lipinski definition) is 2. The normalized spacial score (nSPS) is 13.3. The third kappa shape index (κ3) is 3.42. The first-order valence-electron chi connectivity index (χ1n) is 10.7. The molecule has 1 heterocycles. The lowest BCUT2D eigenvalue weighted by atomic mass is 9.71. The van der Waals surface area contributed by atoms with Crippen LogP contribution in [0.5, 0.6) is 11.5 Å². The van der Waals surface area contributed by atoms with E-state index >= 15 is 0 Å². The molecule has 4 aromatic carbocycles. The SMILES string of the molecule is CC(c1ccc(O)cc1)(c1ccc(O)cc1)c1cccc(N2C(=O)c3ccc(Cl)cc3C2=O)c1. The number of phenols is 2. The Labute approximate surface area is 201 Å². The summed E-state index contributed by atoms with van der Waals surface area (Å²) < 4.78 is 0. The molecule has 5 nitrogen and oxygen atoms in total. The fraction of sp³-hybridized carbons (Fsp3) is 0.0714. The maximum atomic E-state index is 13.1. The first-order chi connectivity index (χ1) is 16.3. The summed E-state index contributed by atoms with van der Waals surface area (Å²) in [5.41, 5.74) is 2.95. The van der Waals surface area contributed by atoms with E-state index in [9.17, 15) is 19.8 Å². The highest BCUT2D eigenvalue weighted by atomic mass is 35.5. The first-order valence-corrected chi connectivity index (χ1v) is 11.0. The Balaban J connectivity index is 1.65. The van der Waals surface area contributed by atoms with Crippen molar-refractivity contribution in [2.75, 3.05) is 4.90 Å². The summed E-state index contributed by atoms with van der Waals surface area (Å²) in [4.78, 5) is 27.4. The predicted octanol–water partition coefficient (Wildman–Crippen LogP) is 5.91. The predicted molar refractivity (Wildman–Crippen MR) is 131 cm³/mol. The second kappa shape index (κ2) is 8.04. The van der Waals surface area contributed by atoms with Crippen LogP contribution in [-0.4, -0.2) is 22.0 Å². The molecule has 2 amide bonds. The number of anilines is 1. The molecule has 0 unspecified atom stereocenters. The smallest absolute Gasteiger partial charge is 0.266 e. The van der Waals surface area contributed by atoms with Gasteiger partial charge in [0.2, 0.25) is 0 Å². The van der Waals surface area contributed by atoms with Crippen LogP contribution in [-0.2, 0) is 5.41 Å². The summed E-state index contributed by atoms with van der Waals surface area (Å²) in [5, 5.41) is 20.0. The number of hydrogen-bond acceptors (Lipinski definition) is 4. The molecule has 0 fully saturated rings. The van der Waals surface area contributed by atoms with E-state index in [1.54, 1.807) is 48.5 Å². The van der Waals surface area contributed by atoms with Crippen LogP contribution in [0.2, 0.25) is 5.02 Å². The summed E-state index contributed by atoms with van der Waals surface area (Å²) in [6.07, 6.45) is 0. The molecule has 0 aliphatic carbocycles. The number of benzene rings is 4. The molecule has 6 heteroatoms. The highest BCUT2D eigenvalue weighted by molar-refractivity contribution is 6.36. The second-order valence-corrected chi connectivity index (χ2v) is 8.84. The number of carbonyl (C=O) groups is 2. The van der Waals surface area contributed by atoms with Crippen molar-refractivity contribution in [3.05, 3.63) is 124 Å². The van der Waals surface area contributed by atoms with E-state index in [4.69, 9.17) is 11.6 Å². The number of imide groups is 1. The summed E-state index contributed by atoms with van der Waals surface area (Å²) in [6, 6.07) is 25.8. The second-order valence-electron chi connectivity index (χ2n) is 8.40. The van der Waals surface area contributed by atoms with Crippen molar-refractivity contribution < 1.29 is 19.8 Å². The van der Waals surface area contributed by atoms with Gasteiger partial charge in [-0.2, -0.15) is 0 Å². The molecule has 0 saturated carbocycles. The van der Waals surface area contributed by atoms with Gasteiger partial charge in [0.15, 0.2) is 0 Å². The lowest BCUT2D eigenvalue weighted by Gasteiger charge is -2.32. The molecular weight excluding hydrogens is 450 g/mol. The van der Waals surface area contributed by atoms with E-state index in [0.29, 0.717) is 16.3 Å². The van der Waals surface area contributed by atoms with Crippen molar-refractivity contribution in [2.24, 2.45) is 0 Å². The zero-order chi connectivity index (χ0) is 24.0. The summed E-state index contributed by atoms with van der Waals surface area (Å²) in [5.74, 6) is -0.522. The van der Waals surface area contributed by atoms with Gasteiger partial charge >= 0.3 is 0 Å². The number of fused-ring (bicyclic) bond motifs is 1. The first kappa shape index (κ1) is 21.7. The Kier molecular flexibility index (Phi) is 5.14. The van der Waals surface area contributed by atoms with Crippen molar-refractivity contribution in [2.45, 2.75) is 12.3 Å². The van der Waals surface area contributed by atoms with Gasteiger partial charge in [-0.1, -0.05) is 48.0 Å². The van der Waals surface area contributed by atoms with Crippen LogP contribution in [0.25, 0.3) is 0 Å². The molecule has 168 valence electrons. The average molecular weight is 470 g/mol. The number of phenolic OH excluding ortho intramolecular Hbond substituents is 2. The van der Waals surface area contributed by atoms with Crippen molar-refractivity contribution in [3.63, 3.8) is 0 Å². The van der Waals surface area contributed by atoms with E-state index in [1.165, 1.54) is 11.0 Å². The fourth-order valence-electron chi connectivity index (χ4n) is 4.49. The van der Waals surface area contributed by atoms with Crippen molar-refractivity contribution >= 4 is 29.1 Å². The third-order valence-corrected chi connectivity index (χ3v) is 6.65. The van der Waals surface area contributed by atoms with Crippen LogP contribution in [0.3, 0.4) is 0 Å². The minimum Gasteiger partial charge on any atom is -0.508 e. The van der Waals surface area contributed by atoms with E-state index in [-0.39, 0.29) is 17.1 Å². The Morgan fingerprint density at radius 1 is 0.676 bits per heavy atom. The molecule has 0 aromatic heterocycles. The molecule has 0 saturated heterocycles. The van der Waals surface area contributed by atoms with Crippen LogP contribution in [0, 0.1) is 0 Å². The molecule has 34 heavy (non-hydrogen) atoms. The van der Waals surface area contributed by atoms with Gasteiger partial charge < -0.3 is 10.2 Å².